The molecule has 0 aliphatic heterocycles. The van der Waals surface area contributed by atoms with E-state index in [0.717, 1.165) is 0 Å². The topological polar surface area (TPSA) is 185 Å². The van der Waals surface area contributed by atoms with Crippen molar-refractivity contribution in [2.75, 3.05) is 6.54 Å². The molecule has 10 heteroatoms. The highest BCUT2D eigenvalue weighted by molar-refractivity contribution is 5.91. The summed E-state index contributed by atoms with van der Waals surface area (Å²) in [5.41, 5.74) is 11.1. The monoisotopic (exact) mass is 374 g/mol. The molecule has 0 aromatic carbocycles. The summed E-state index contributed by atoms with van der Waals surface area (Å²) in [6, 6.07) is -3.13. The van der Waals surface area contributed by atoms with E-state index in [-0.39, 0.29) is 25.2 Å². The number of nitrogens with one attached hydrogen (secondary N) is 2. The van der Waals surface area contributed by atoms with Gasteiger partial charge in [0.25, 0.3) is 0 Å². The van der Waals surface area contributed by atoms with Crippen LogP contribution in [0.15, 0.2) is 0 Å². The van der Waals surface area contributed by atoms with Gasteiger partial charge < -0.3 is 32.3 Å². The Bertz CT molecular complexity index is 497. The molecule has 0 rings (SSSR count). The van der Waals surface area contributed by atoms with E-state index in [1.54, 1.807) is 13.8 Å². The molecule has 26 heavy (non-hydrogen) atoms. The zero-order valence-corrected chi connectivity index (χ0v) is 15.2. The van der Waals surface area contributed by atoms with Crippen molar-refractivity contribution in [2.45, 2.75) is 64.1 Å². The van der Waals surface area contributed by atoms with Crippen LogP contribution in [0, 0.1) is 5.92 Å². The van der Waals surface area contributed by atoms with Crippen molar-refractivity contribution in [3.05, 3.63) is 0 Å². The lowest BCUT2D eigenvalue weighted by molar-refractivity contribution is -0.143. The summed E-state index contributed by atoms with van der Waals surface area (Å²) in [5, 5.41) is 22.7. The average molecular weight is 374 g/mol. The number of hydrogen-bond donors (Lipinski definition) is 6. The third-order valence-corrected chi connectivity index (χ3v) is 3.82. The van der Waals surface area contributed by atoms with E-state index in [0.29, 0.717) is 19.4 Å². The Morgan fingerprint density at radius 1 is 0.962 bits per heavy atom. The van der Waals surface area contributed by atoms with Crippen LogP contribution in [-0.4, -0.2) is 58.6 Å². The van der Waals surface area contributed by atoms with Gasteiger partial charge in [-0.2, -0.15) is 0 Å². The number of unbranched alkanes of at least 4 members (excludes halogenated alkanes) is 1. The molecule has 0 heterocycles. The molecular formula is C16H30N4O6. The van der Waals surface area contributed by atoms with E-state index in [2.05, 4.69) is 10.6 Å². The number of aliphatic carboxylic acids is 2. The lowest BCUT2D eigenvalue weighted by atomic mass is 10.0. The number of carbonyl (C=O) groups excluding carboxylic acids is 2. The maximum absolute atomic E-state index is 12.4. The molecule has 0 saturated heterocycles. The number of rotatable bonds is 13. The molecule has 0 fully saturated rings. The average Bonchev–Trinajstić information content (AvgIpc) is 2.55. The minimum atomic E-state index is -1.17. The summed E-state index contributed by atoms with van der Waals surface area (Å²) < 4.78 is 0. The molecule has 10 nitrogen and oxygen atoms in total. The SMILES string of the molecule is CC(C)C(NC(=O)C(CCCCN)NC(=O)C(N)CCC(=O)O)C(=O)O. The Morgan fingerprint density at radius 2 is 1.58 bits per heavy atom. The number of amides is 2. The zero-order chi connectivity index (χ0) is 20.3. The number of carboxylic acids is 2. The second-order valence-electron chi connectivity index (χ2n) is 6.45. The molecule has 0 saturated carbocycles. The van der Waals surface area contributed by atoms with E-state index in [1.165, 1.54) is 0 Å². The maximum Gasteiger partial charge on any atom is 0.326 e. The van der Waals surface area contributed by atoms with Crippen LogP contribution < -0.4 is 22.1 Å². The van der Waals surface area contributed by atoms with Crippen molar-refractivity contribution in [1.29, 1.82) is 0 Å². The summed E-state index contributed by atoms with van der Waals surface area (Å²) in [4.78, 5) is 46.3. The molecule has 3 atom stereocenters. The number of carboxylic acid groups (broad SMARTS) is 2. The lowest BCUT2D eigenvalue weighted by Gasteiger charge is -2.24. The van der Waals surface area contributed by atoms with Gasteiger partial charge in [0.05, 0.1) is 6.04 Å². The van der Waals surface area contributed by atoms with Gasteiger partial charge in [-0.1, -0.05) is 13.8 Å². The lowest BCUT2D eigenvalue weighted by Crippen LogP contribution is -2.55. The first-order valence-electron chi connectivity index (χ1n) is 8.61. The Kier molecular flexibility index (Phi) is 11.2. The fraction of sp³-hybridized carbons (Fsp3) is 0.750. The van der Waals surface area contributed by atoms with Crippen LogP contribution in [0.4, 0.5) is 0 Å². The third kappa shape index (κ3) is 9.33. The van der Waals surface area contributed by atoms with Crippen LogP contribution in [0.5, 0.6) is 0 Å². The van der Waals surface area contributed by atoms with E-state index < -0.39 is 41.9 Å². The van der Waals surface area contributed by atoms with Gasteiger partial charge in [0.2, 0.25) is 11.8 Å². The fourth-order valence-electron chi connectivity index (χ4n) is 2.22. The van der Waals surface area contributed by atoms with Crippen LogP contribution in [-0.2, 0) is 19.2 Å². The van der Waals surface area contributed by atoms with Crippen LogP contribution >= 0.6 is 0 Å². The van der Waals surface area contributed by atoms with Crippen LogP contribution in [0.25, 0.3) is 0 Å². The molecule has 0 aromatic rings. The van der Waals surface area contributed by atoms with E-state index in [1.807, 2.05) is 0 Å². The molecule has 2 amide bonds. The first-order valence-corrected chi connectivity index (χ1v) is 8.61. The molecular weight excluding hydrogens is 344 g/mol. The fourth-order valence-corrected chi connectivity index (χ4v) is 2.22. The van der Waals surface area contributed by atoms with Gasteiger partial charge in [-0.05, 0) is 38.1 Å². The molecule has 8 N–H and O–H groups in total. The van der Waals surface area contributed by atoms with Crippen molar-refractivity contribution in [1.82, 2.24) is 10.6 Å². The first kappa shape index (κ1) is 23.8. The van der Waals surface area contributed by atoms with Gasteiger partial charge in [0.15, 0.2) is 0 Å². The Morgan fingerprint density at radius 3 is 2.04 bits per heavy atom. The number of nitrogens with two attached hydrogens (primary N) is 2. The zero-order valence-electron chi connectivity index (χ0n) is 15.2. The van der Waals surface area contributed by atoms with Gasteiger partial charge in [-0.25, -0.2) is 4.79 Å². The van der Waals surface area contributed by atoms with Crippen molar-refractivity contribution in [3.63, 3.8) is 0 Å². The third-order valence-electron chi connectivity index (χ3n) is 3.82. The van der Waals surface area contributed by atoms with Gasteiger partial charge >= 0.3 is 11.9 Å². The molecule has 150 valence electrons. The minimum absolute atomic E-state index is 0.0674. The summed E-state index contributed by atoms with van der Waals surface area (Å²) in [6.45, 7) is 3.73. The van der Waals surface area contributed by atoms with Gasteiger partial charge in [0, 0.05) is 6.42 Å². The molecule has 0 spiro atoms. The summed E-state index contributed by atoms with van der Waals surface area (Å²) in [6.07, 6.45) is 1.12. The second kappa shape index (κ2) is 12.2. The minimum Gasteiger partial charge on any atom is -0.481 e. The highest BCUT2D eigenvalue weighted by Crippen LogP contribution is 2.06. The standard InChI is InChI=1S/C16H30N4O6/c1-9(2)13(16(25)26)20-15(24)11(5-3-4-8-17)19-14(23)10(18)6-7-12(21)22/h9-11,13H,3-8,17-18H2,1-2H3,(H,19,23)(H,20,24)(H,21,22)(H,25,26). The van der Waals surface area contributed by atoms with Gasteiger partial charge in [-0.3, -0.25) is 14.4 Å². The molecule has 0 aromatic heterocycles. The summed E-state index contributed by atoms with van der Waals surface area (Å²) >= 11 is 0. The quantitative estimate of drug-likeness (QED) is 0.222. The van der Waals surface area contributed by atoms with Gasteiger partial charge in [-0.15, -0.1) is 0 Å². The highest BCUT2D eigenvalue weighted by Gasteiger charge is 2.29. The summed E-state index contributed by atoms with van der Waals surface area (Å²) in [7, 11) is 0. The van der Waals surface area contributed by atoms with E-state index in [9.17, 15) is 24.3 Å². The van der Waals surface area contributed by atoms with Crippen LogP contribution in [0.3, 0.4) is 0 Å². The van der Waals surface area contributed by atoms with Crippen LogP contribution in [0.2, 0.25) is 0 Å². The molecule has 0 aliphatic rings. The normalized spacial score (nSPS) is 14.3. The maximum atomic E-state index is 12.4. The molecule has 0 aliphatic carbocycles. The second-order valence-corrected chi connectivity index (χ2v) is 6.45. The Balaban J connectivity index is 4.96. The predicted molar refractivity (Wildman–Crippen MR) is 94.1 cm³/mol. The Labute approximate surface area is 152 Å². The smallest absolute Gasteiger partial charge is 0.326 e. The summed E-state index contributed by atoms with van der Waals surface area (Å²) in [5.74, 6) is -3.86. The highest BCUT2D eigenvalue weighted by atomic mass is 16.4. The van der Waals surface area contributed by atoms with Crippen LogP contribution in [0.1, 0.15) is 46.0 Å². The largest absolute Gasteiger partial charge is 0.481 e. The van der Waals surface area contributed by atoms with Gasteiger partial charge in [0.1, 0.15) is 12.1 Å². The first-order chi connectivity index (χ1) is 12.1. The molecule has 0 bridgehead atoms. The van der Waals surface area contributed by atoms with Crippen molar-refractivity contribution >= 4 is 23.8 Å². The van der Waals surface area contributed by atoms with Crippen molar-refractivity contribution in [3.8, 4) is 0 Å². The van der Waals surface area contributed by atoms with E-state index in [4.69, 9.17) is 16.6 Å². The predicted octanol–water partition coefficient (Wildman–Crippen LogP) is -0.982. The molecule has 3 unspecified atom stereocenters. The number of carbonyl (C=O) groups is 4. The van der Waals surface area contributed by atoms with Crippen molar-refractivity contribution < 1.29 is 29.4 Å². The van der Waals surface area contributed by atoms with Crippen molar-refractivity contribution in [2.24, 2.45) is 17.4 Å². The number of hydrogen-bond acceptors (Lipinski definition) is 6. The molecule has 0 radical (unpaired) electrons. The Hall–Kier alpha value is -2.20. The van der Waals surface area contributed by atoms with E-state index >= 15 is 0 Å².